The highest BCUT2D eigenvalue weighted by Crippen LogP contribution is 2.28. The molecule has 5 nitrogen and oxygen atoms in total. The van der Waals surface area contributed by atoms with Gasteiger partial charge in [0.05, 0.1) is 22.2 Å². The fraction of sp³-hybridized carbons (Fsp3) is 0.125. The molecule has 1 N–H and O–H groups in total. The zero-order valence-corrected chi connectivity index (χ0v) is 17.2. The second-order valence-electron chi connectivity index (χ2n) is 7.09. The van der Waals surface area contributed by atoms with E-state index in [1.807, 2.05) is 36.4 Å². The molecule has 30 heavy (non-hydrogen) atoms. The first kappa shape index (κ1) is 19.8. The van der Waals surface area contributed by atoms with Gasteiger partial charge in [0.25, 0.3) is 0 Å². The van der Waals surface area contributed by atoms with Gasteiger partial charge in [0.2, 0.25) is 5.91 Å². The van der Waals surface area contributed by atoms with Crippen molar-refractivity contribution >= 4 is 33.4 Å². The van der Waals surface area contributed by atoms with Crippen LogP contribution in [0.3, 0.4) is 0 Å². The maximum Gasteiger partial charge on any atom is 0.335 e. The van der Waals surface area contributed by atoms with Gasteiger partial charge in [-0.05, 0) is 41.0 Å². The van der Waals surface area contributed by atoms with Crippen molar-refractivity contribution in [1.82, 2.24) is 9.88 Å². The lowest BCUT2D eigenvalue weighted by atomic mass is 10.1. The average molecular weight is 417 g/mol. The summed E-state index contributed by atoms with van der Waals surface area (Å²) in [5, 5.41) is 9.89. The summed E-state index contributed by atoms with van der Waals surface area (Å²) in [6.07, 6.45) is 0.217. The second kappa shape index (κ2) is 8.47. The van der Waals surface area contributed by atoms with Crippen LogP contribution in [0, 0.1) is 0 Å². The van der Waals surface area contributed by atoms with Crippen LogP contribution in [0.4, 0.5) is 0 Å². The van der Waals surface area contributed by atoms with Crippen molar-refractivity contribution in [2.45, 2.75) is 13.0 Å². The van der Waals surface area contributed by atoms with Gasteiger partial charge in [0, 0.05) is 13.6 Å². The van der Waals surface area contributed by atoms with Gasteiger partial charge in [-0.1, -0.05) is 48.5 Å². The zero-order valence-electron chi connectivity index (χ0n) is 16.4. The maximum absolute atomic E-state index is 12.7. The van der Waals surface area contributed by atoms with Crippen LogP contribution in [-0.2, 0) is 17.8 Å². The molecular weight excluding hydrogens is 396 g/mol. The number of nitrogens with zero attached hydrogens (tertiary/aromatic N) is 2. The van der Waals surface area contributed by atoms with E-state index in [0.717, 1.165) is 31.9 Å². The Bertz CT molecular complexity index is 1220. The SMILES string of the molecule is CN(Cc1cccc(C(=O)O)c1)C(=O)Cc1nc2ccc(-c3ccccc3)cc2s1. The van der Waals surface area contributed by atoms with Crippen LogP contribution in [0.5, 0.6) is 0 Å². The molecule has 1 amide bonds. The molecule has 0 aliphatic carbocycles. The fourth-order valence-corrected chi connectivity index (χ4v) is 4.28. The topological polar surface area (TPSA) is 70.5 Å². The number of hydrogen-bond donors (Lipinski definition) is 1. The van der Waals surface area contributed by atoms with Gasteiger partial charge < -0.3 is 10.0 Å². The Balaban J connectivity index is 1.47. The summed E-state index contributed by atoms with van der Waals surface area (Å²) in [4.78, 5) is 30.0. The number of hydrogen-bond acceptors (Lipinski definition) is 4. The molecule has 0 radical (unpaired) electrons. The first-order valence-electron chi connectivity index (χ1n) is 9.51. The molecule has 0 saturated heterocycles. The molecule has 6 heteroatoms. The predicted octanol–water partition coefficient (Wildman–Crippen LogP) is 4.86. The van der Waals surface area contributed by atoms with E-state index in [2.05, 4.69) is 23.2 Å². The minimum absolute atomic E-state index is 0.0573. The molecule has 0 atom stereocenters. The molecule has 4 aromatic rings. The van der Waals surface area contributed by atoms with Crippen molar-refractivity contribution in [3.8, 4) is 11.1 Å². The largest absolute Gasteiger partial charge is 0.478 e. The monoisotopic (exact) mass is 416 g/mol. The van der Waals surface area contributed by atoms with Crippen LogP contribution in [0.2, 0.25) is 0 Å². The maximum atomic E-state index is 12.7. The van der Waals surface area contributed by atoms with E-state index < -0.39 is 5.97 Å². The third-order valence-corrected chi connectivity index (χ3v) is 5.88. The fourth-order valence-electron chi connectivity index (χ4n) is 3.29. The third kappa shape index (κ3) is 4.39. The lowest BCUT2D eigenvalue weighted by molar-refractivity contribution is -0.129. The van der Waals surface area contributed by atoms with E-state index in [-0.39, 0.29) is 17.9 Å². The minimum atomic E-state index is -0.977. The first-order chi connectivity index (χ1) is 14.5. The van der Waals surface area contributed by atoms with Gasteiger partial charge in [-0.3, -0.25) is 4.79 Å². The van der Waals surface area contributed by atoms with Crippen LogP contribution in [0.1, 0.15) is 20.9 Å². The molecule has 4 rings (SSSR count). The van der Waals surface area contributed by atoms with Crippen molar-refractivity contribution < 1.29 is 14.7 Å². The Kier molecular flexibility index (Phi) is 5.59. The molecule has 0 fully saturated rings. The van der Waals surface area contributed by atoms with Gasteiger partial charge in [0.1, 0.15) is 5.01 Å². The number of likely N-dealkylation sites (N-methyl/N-ethyl adjacent to an activating group) is 1. The normalized spacial score (nSPS) is 10.8. The predicted molar refractivity (Wildman–Crippen MR) is 119 cm³/mol. The van der Waals surface area contributed by atoms with Gasteiger partial charge in [-0.25, -0.2) is 9.78 Å². The molecule has 0 saturated carbocycles. The summed E-state index contributed by atoms with van der Waals surface area (Å²) < 4.78 is 1.05. The number of aromatic nitrogens is 1. The van der Waals surface area contributed by atoms with Gasteiger partial charge in [-0.15, -0.1) is 11.3 Å². The van der Waals surface area contributed by atoms with Gasteiger partial charge >= 0.3 is 5.97 Å². The second-order valence-corrected chi connectivity index (χ2v) is 8.20. The van der Waals surface area contributed by atoms with E-state index in [4.69, 9.17) is 5.11 Å². The Morgan fingerprint density at radius 1 is 0.967 bits per heavy atom. The summed E-state index contributed by atoms with van der Waals surface area (Å²) in [6, 6.07) is 22.9. The highest BCUT2D eigenvalue weighted by atomic mass is 32.1. The molecule has 0 unspecified atom stereocenters. The Morgan fingerprint density at radius 2 is 1.77 bits per heavy atom. The Morgan fingerprint density at radius 3 is 2.53 bits per heavy atom. The smallest absolute Gasteiger partial charge is 0.335 e. The first-order valence-corrected chi connectivity index (χ1v) is 10.3. The summed E-state index contributed by atoms with van der Waals surface area (Å²) in [6.45, 7) is 0.350. The summed E-state index contributed by atoms with van der Waals surface area (Å²) >= 11 is 1.53. The summed E-state index contributed by atoms with van der Waals surface area (Å²) in [7, 11) is 1.72. The molecule has 1 heterocycles. The quantitative estimate of drug-likeness (QED) is 0.487. The number of amides is 1. The van der Waals surface area contributed by atoms with Crippen molar-refractivity contribution in [1.29, 1.82) is 0 Å². The molecule has 3 aromatic carbocycles. The van der Waals surface area contributed by atoms with E-state index >= 15 is 0 Å². The lowest BCUT2D eigenvalue weighted by Gasteiger charge is -2.17. The number of carboxylic acids is 1. The molecule has 0 spiro atoms. The number of carbonyl (C=O) groups excluding carboxylic acids is 1. The highest BCUT2D eigenvalue weighted by Gasteiger charge is 2.15. The standard InChI is InChI=1S/C24H20N2O3S/c1-26(15-16-6-5-9-19(12-16)24(28)29)23(27)14-22-25-20-11-10-18(13-21(20)30-22)17-7-3-2-4-8-17/h2-13H,14-15H2,1H3,(H,28,29). The average Bonchev–Trinajstić information content (AvgIpc) is 3.16. The number of aromatic carboxylic acids is 1. The number of benzene rings is 3. The van der Waals surface area contributed by atoms with Crippen molar-refractivity contribution in [3.63, 3.8) is 0 Å². The summed E-state index contributed by atoms with van der Waals surface area (Å²) in [5.74, 6) is -1.03. The zero-order chi connectivity index (χ0) is 21.1. The van der Waals surface area contributed by atoms with E-state index in [1.165, 1.54) is 11.3 Å². The van der Waals surface area contributed by atoms with Crippen LogP contribution in [0.15, 0.2) is 72.8 Å². The number of carbonyl (C=O) groups is 2. The van der Waals surface area contributed by atoms with E-state index in [1.54, 1.807) is 30.1 Å². The lowest BCUT2D eigenvalue weighted by Crippen LogP contribution is -2.27. The third-order valence-electron chi connectivity index (χ3n) is 4.86. The number of rotatable bonds is 6. The van der Waals surface area contributed by atoms with E-state index in [9.17, 15) is 9.59 Å². The number of fused-ring (bicyclic) bond motifs is 1. The Hall–Kier alpha value is -3.51. The van der Waals surface area contributed by atoms with Crippen molar-refractivity contribution in [2.24, 2.45) is 0 Å². The molecule has 150 valence electrons. The van der Waals surface area contributed by atoms with Crippen LogP contribution < -0.4 is 0 Å². The molecular formula is C24H20N2O3S. The molecule has 1 aromatic heterocycles. The van der Waals surface area contributed by atoms with Crippen molar-refractivity contribution in [3.05, 3.63) is 88.9 Å². The number of carboxylic acid groups (broad SMARTS) is 1. The summed E-state index contributed by atoms with van der Waals surface area (Å²) in [5.41, 5.74) is 4.16. The highest BCUT2D eigenvalue weighted by molar-refractivity contribution is 7.18. The van der Waals surface area contributed by atoms with Crippen LogP contribution >= 0.6 is 11.3 Å². The van der Waals surface area contributed by atoms with Crippen LogP contribution in [-0.4, -0.2) is 33.9 Å². The van der Waals surface area contributed by atoms with Crippen LogP contribution in [0.25, 0.3) is 21.3 Å². The van der Waals surface area contributed by atoms with Gasteiger partial charge in [0.15, 0.2) is 0 Å². The number of thiazole rings is 1. The van der Waals surface area contributed by atoms with Gasteiger partial charge in [-0.2, -0.15) is 0 Å². The molecule has 0 bridgehead atoms. The van der Waals surface area contributed by atoms with Crippen molar-refractivity contribution in [2.75, 3.05) is 7.05 Å². The Labute approximate surface area is 178 Å². The minimum Gasteiger partial charge on any atom is -0.478 e. The molecule has 0 aliphatic heterocycles. The van der Waals surface area contributed by atoms with E-state index in [0.29, 0.717) is 6.54 Å². The molecule has 0 aliphatic rings.